The number of nitrogens with zero attached hydrogens (tertiary/aromatic N) is 1. The van der Waals surface area contributed by atoms with E-state index in [4.69, 9.17) is 9.40 Å². The van der Waals surface area contributed by atoms with Crippen LogP contribution in [0.25, 0.3) is 11.0 Å². The van der Waals surface area contributed by atoms with Gasteiger partial charge in [-0.3, -0.25) is 9.78 Å². The zero-order valence-corrected chi connectivity index (χ0v) is 13.5. The summed E-state index contributed by atoms with van der Waals surface area (Å²) >= 11 is 0. The summed E-state index contributed by atoms with van der Waals surface area (Å²) < 4.78 is 5.48. The first-order valence-electron chi connectivity index (χ1n) is 8.49. The molecule has 4 nitrogen and oxygen atoms in total. The third-order valence-electron chi connectivity index (χ3n) is 4.61. The lowest BCUT2D eigenvalue weighted by atomic mass is 9.96. The first-order chi connectivity index (χ1) is 11.8. The van der Waals surface area contributed by atoms with E-state index in [-0.39, 0.29) is 5.91 Å². The quantitative estimate of drug-likeness (QED) is 0.799. The van der Waals surface area contributed by atoms with E-state index in [1.165, 1.54) is 24.1 Å². The molecular weight excluding hydrogens is 300 g/mol. The summed E-state index contributed by atoms with van der Waals surface area (Å²) in [6.45, 7) is 0.474. The normalized spacial score (nSPS) is 13.7. The summed E-state index contributed by atoms with van der Waals surface area (Å²) in [6, 6.07) is 12.0. The number of carbonyl (C=O) groups is 1. The van der Waals surface area contributed by atoms with E-state index in [0.29, 0.717) is 13.0 Å². The van der Waals surface area contributed by atoms with Crippen LogP contribution in [0.3, 0.4) is 0 Å². The van der Waals surface area contributed by atoms with Gasteiger partial charge in [-0.05, 0) is 43.4 Å². The van der Waals surface area contributed by atoms with E-state index in [0.717, 1.165) is 35.1 Å². The number of furan rings is 1. The minimum Gasteiger partial charge on any atom is -0.464 e. The number of benzene rings is 1. The zero-order chi connectivity index (χ0) is 16.4. The number of para-hydroxylation sites is 1. The molecule has 1 aliphatic carbocycles. The van der Waals surface area contributed by atoms with Crippen molar-refractivity contribution in [2.75, 3.05) is 0 Å². The largest absolute Gasteiger partial charge is 0.464 e. The van der Waals surface area contributed by atoms with Crippen molar-refractivity contribution in [1.29, 1.82) is 0 Å². The van der Waals surface area contributed by atoms with Crippen LogP contribution in [0.15, 0.2) is 47.1 Å². The molecule has 0 unspecified atom stereocenters. The number of fused-ring (bicyclic) bond motifs is 2. The minimum absolute atomic E-state index is 0.0129. The Kier molecular flexibility index (Phi) is 4.03. The summed E-state index contributed by atoms with van der Waals surface area (Å²) in [6.07, 6.45) is 6.64. The van der Waals surface area contributed by atoms with Gasteiger partial charge in [0, 0.05) is 16.6 Å². The predicted molar refractivity (Wildman–Crippen MR) is 92.6 cm³/mol. The lowest BCUT2D eigenvalue weighted by Crippen LogP contribution is -2.25. The molecule has 0 atom stereocenters. The molecule has 0 saturated carbocycles. The van der Waals surface area contributed by atoms with E-state index in [2.05, 4.69) is 11.4 Å². The summed E-state index contributed by atoms with van der Waals surface area (Å²) in [4.78, 5) is 16.9. The maximum Gasteiger partial charge on any atom is 0.224 e. The molecule has 1 aliphatic rings. The average molecular weight is 320 g/mol. The van der Waals surface area contributed by atoms with E-state index < -0.39 is 0 Å². The first-order valence-corrected chi connectivity index (χ1v) is 8.49. The molecule has 24 heavy (non-hydrogen) atoms. The van der Waals surface area contributed by atoms with Crippen molar-refractivity contribution in [3.63, 3.8) is 0 Å². The van der Waals surface area contributed by atoms with Crippen molar-refractivity contribution in [2.45, 2.75) is 38.6 Å². The Morgan fingerprint density at radius 2 is 2.00 bits per heavy atom. The molecule has 1 N–H and O–H groups in total. The molecule has 1 amide bonds. The average Bonchev–Trinajstić information content (AvgIpc) is 3.03. The molecule has 0 bridgehead atoms. The van der Waals surface area contributed by atoms with Gasteiger partial charge in [0.2, 0.25) is 5.91 Å². The number of pyridine rings is 1. The third kappa shape index (κ3) is 3.04. The fraction of sp³-hybridized carbons (Fsp3) is 0.300. The number of hydrogen-bond donors (Lipinski definition) is 1. The van der Waals surface area contributed by atoms with Gasteiger partial charge in [-0.15, -0.1) is 0 Å². The fourth-order valence-corrected chi connectivity index (χ4v) is 3.32. The van der Waals surface area contributed by atoms with Gasteiger partial charge in [0.1, 0.15) is 5.58 Å². The molecule has 0 spiro atoms. The van der Waals surface area contributed by atoms with Crippen LogP contribution in [0.2, 0.25) is 0 Å². The molecule has 1 aromatic carbocycles. The highest BCUT2D eigenvalue weighted by Gasteiger charge is 2.12. The standard InChI is InChI=1S/C20H20N2O2/c23-20(11-15-13-24-19-8-4-2-6-17(15)19)21-12-16-10-9-14-5-1-3-7-18(14)22-16/h2,4,6,8-10,13H,1,3,5,7,11-12H2,(H,21,23). The summed E-state index contributed by atoms with van der Waals surface area (Å²) in [5.41, 5.74) is 5.23. The molecule has 4 heteroatoms. The molecule has 2 heterocycles. The molecule has 122 valence electrons. The predicted octanol–water partition coefficient (Wildman–Crippen LogP) is 3.57. The van der Waals surface area contributed by atoms with Crippen LogP contribution in [0.5, 0.6) is 0 Å². The van der Waals surface area contributed by atoms with Crippen LogP contribution >= 0.6 is 0 Å². The maximum absolute atomic E-state index is 12.2. The van der Waals surface area contributed by atoms with Crippen LogP contribution < -0.4 is 5.32 Å². The van der Waals surface area contributed by atoms with Gasteiger partial charge in [-0.25, -0.2) is 0 Å². The molecule has 2 aromatic heterocycles. The summed E-state index contributed by atoms with van der Waals surface area (Å²) in [7, 11) is 0. The van der Waals surface area contributed by atoms with E-state index in [1.54, 1.807) is 6.26 Å². The number of carbonyl (C=O) groups excluding carboxylic acids is 1. The van der Waals surface area contributed by atoms with Crippen LogP contribution in [0.4, 0.5) is 0 Å². The van der Waals surface area contributed by atoms with Crippen molar-refractivity contribution < 1.29 is 9.21 Å². The van der Waals surface area contributed by atoms with Crippen molar-refractivity contribution >= 4 is 16.9 Å². The second-order valence-electron chi connectivity index (χ2n) is 6.33. The number of rotatable bonds is 4. The Hall–Kier alpha value is -2.62. The fourth-order valence-electron chi connectivity index (χ4n) is 3.32. The van der Waals surface area contributed by atoms with Gasteiger partial charge in [0.25, 0.3) is 0 Å². The Morgan fingerprint density at radius 3 is 2.96 bits per heavy atom. The number of aryl methyl sites for hydroxylation is 2. The van der Waals surface area contributed by atoms with Crippen molar-refractivity contribution in [1.82, 2.24) is 10.3 Å². The van der Waals surface area contributed by atoms with Crippen LogP contribution in [0, 0.1) is 0 Å². The Morgan fingerprint density at radius 1 is 1.12 bits per heavy atom. The first kappa shape index (κ1) is 14.9. The Labute approximate surface area is 140 Å². The van der Waals surface area contributed by atoms with Gasteiger partial charge < -0.3 is 9.73 Å². The Bertz CT molecular complexity index is 882. The lowest BCUT2D eigenvalue weighted by Gasteiger charge is -2.15. The van der Waals surface area contributed by atoms with E-state index in [1.807, 2.05) is 30.3 Å². The minimum atomic E-state index is -0.0129. The molecular formula is C20H20N2O2. The second-order valence-corrected chi connectivity index (χ2v) is 6.33. The number of amides is 1. The van der Waals surface area contributed by atoms with E-state index >= 15 is 0 Å². The van der Waals surface area contributed by atoms with Gasteiger partial charge >= 0.3 is 0 Å². The van der Waals surface area contributed by atoms with Crippen LogP contribution in [0.1, 0.15) is 35.4 Å². The molecule has 3 aromatic rings. The molecule has 0 saturated heterocycles. The summed E-state index contributed by atoms with van der Waals surface area (Å²) in [5.74, 6) is -0.0129. The molecule has 4 rings (SSSR count). The number of aromatic nitrogens is 1. The highest BCUT2D eigenvalue weighted by molar-refractivity contribution is 5.87. The lowest BCUT2D eigenvalue weighted by molar-refractivity contribution is -0.120. The summed E-state index contributed by atoms with van der Waals surface area (Å²) in [5, 5.41) is 3.97. The van der Waals surface area contributed by atoms with Gasteiger partial charge in [-0.2, -0.15) is 0 Å². The number of nitrogens with one attached hydrogen (secondary N) is 1. The van der Waals surface area contributed by atoms with Crippen molar-refractivity contribution in [3.8, 4) is 0 Å². The van der Waals surface area contributed by atoms with Crippen molar-refractivity contribution in [3.05, 3.63) is 65.2 Å². The second kappa shape index (κ2) is 6.48. The molecule has 0 radical (unpaired) electrons. The monoisotopic (exact) mass is 320 g/mol. The topological polar surface area (TPSA) is 55.1 Å². The number of hydrogen-bond acceptors (Lipinski definition) is 3. The highest BCUT2D eigenvalue weighted by Crippen LogP contribution is 2.21. The zero-order valence-electron chi connectivity index (χ0n) is 13.5. The molecule has 0 fully saturated rings. The van der Waals surface area contributed by atoms with E-state index in [9.17, 15) is 4.79 Å². The molecule has 0 aliphatic heterocycles. The highest BCUT2D eigenvalue weighted by atomic mass is 16.3. The van der Waals surface area contributed by atoms with Crippen molar-refractivity contribution in [2.24, 2.45) is 0 Å². The van der Waals surface area contributed by atoms with Crippen LogP contribution in [-0.2, 0) is 30.6 Å². The third-order valence-corrected chi connectivity index (χ3v) is 4.61. The van der Waals surface area contributed by atoms with Gasteiger partial charge in [0.15, 0.2) is 0 Å². The Balaban J connectivity index is 1.40. The van der Waals surface area contributed by atoms with Crippen LogP contribution in [-0.4, -0.2) is 10.9 Å². The maximum atomic E-state index is 12.2. The SMILES string of the molecule is O=C(Cc1coc2ccccc12)NCc1ccc2c(n1)CCCC2. The van der Waals surface area contributed by atoms with Gasteiger partial charge in [-0.1, -0.05) is 24.3 Å². The van der Waals surface area contributed by atoms with Gasteiger partial charge in [0.05, 0.1) is 24.9 Å². The smallest absolute Gasteiger partial charge is 0.224 e.